The molecule has 2 heterocycles. The van der Waals surface area contributed by atoms with Crippen LogP contribution in [0.2, 0.25) is 5.15 Å². The number of benzene rings is 1. The van der Waals surface area contributed by atoms with Gasteiger partial charge in [0.25, 0.3) is 5.91 Å². The number of anilines is 2. The zero-order chi connectivity index (χ0) is 25.0. The van der Waals surface area contributed by atoms with Crippen molar-refractivity contribution in [2.75, 3.05) is 37.8 Å². The second-order valence-electron chi connectivity index (χ2n) is 7.97. The molecule has 0 spiro atoms. The summed E-state index contributed by atoms with van der Waals surface area (Å²) in [6.07, 6.45) is 5.70. The molecule has 1 aromatic heterocycles. The summed E-state index contributed by atoms with van der Waals surface area (Å²) in [5.74, 6) is -0.0858. The third kappa shape index (κ3) is 9.48. The number of nitrogens with one attached hydrogen (secondary N) is 1. The zero-order valence-electron chi connectivity index (χ0n) is 19.5. The lowest BCUT2D eigenvalue weighted by atomic mass is 10.1. The Kier molecular flexibility index (Phi) is 12.2. The number of halogens is 1. The van der Waals surface area contributed by atoms with Crippen molar-refractivity contribution in [3.8, 4) is 5.75 Å². The fraction of sp³-hybridized carbons (Fsp3) is 0.500. The summed E-state index contributed by atoms with van der Waals surface area (Å²) in [5.41, 5.74) is 18.0. The Labute approximate surface area is 216 Å². The summed E-state index contributed by atoms with van der Waals surface area (Å²) in [5, 5.41) is 2.30. The number of hydrogen-bond donors (Lipinski definition) is 4. The van der Waals surface area contributed by atoms with Crippen molar-refractivity contribution in [1.29, 1.82) is 0 Å². The molecule has 0 bridgehead atoms. The standard InChI is InChI=1S/C23H32ClN7O4.CH4/c24-19-21(26)30-20(25)18(29-19)22(32)31-23(27)28-11-3-1-5-15-7-9-16(10-8-15)33-13-14-35-17-6-2-4-12-34-17;/h7-10,17H,1-6,11-14H2,(H4,25,26,30)(H3,27,28,31,32);1H4. The van der Waals surface area contributed by atoms with Gasteiger partial charge in [-0.3, -0.25) is 15.1 Å². The van der Waals surface area contributed by atoms with Gasteiger partial charge in [0.15, 0.2) is 34.7 Å². The van der Waals surface area contributed by atoms with E-state index in [1.807, 2.05) is 24.3 Å². The summed E-state index contributed by atoms with van der Waals surface area (Å²) in [6.45, 7) is 2.22. The zero-order valence-corrected chi connectivity index (χ0v) is 20.3. The maximum atomic E-state index is 12.2. The maximum Gasteiger partial charge on any atom is 0.280 e. The van der Waals surface area contributed by atoms with Gasteiger partial charge in [-0.1, -0.05) is 31.2 Å². The predicted octanol–water partition coefficient (Wildman–Crippen LogP) is 2.92. The molecule has 0 aliphatic carbocycles. The number of nitrogens with zero attached hydrogens (tertiary/aromatic N) is 3. The molecule has 2 aromatic rings. The molecular weight excluding hydrogens is 486 g/mol. The van der Waals surface area contributed by atoms with Crippen molar-refractivity contribution in [3.63, 3.8) is 0 Å². The highest BCUT2D eigenvalue weighted by Crippen LogP contribution is 2.17. The van der Waals surface area contributed by atoms with E-state index in [9.17, 15) is 4.79 Å². The van der Waals surface area contributed by atoms with Crippen LogP contribution in [0, 0.1) is 0 Å². The summed E-state index contributed by atoms with van der Waals surface area (Å²) < 4.78 is 16.9. The second kappa shape index (κ2) is 15.1. The minimum Gasteiger partial charge on any atom is -0.491 e. The number of hydrogen-bond acceptors (Lipinski definition) is 9. The third-order valence-electron chi connectivity index (χ3n) is 5.23. The first-order valence-electron chi connectivity index (χ1n) is 11.6. The molecule has 1 saturated heterocycles. The Morgan fingerprint density at radius 3 is 2.64 bits per heavy atom. The van der Waals surface area contributed by atoms with Crippen LogP contribution in [0.1, 0.15) is 55.6 Å². The van der Waals surface area contributed by atoms with Crippen molar-refractivity contribution in [2.45, 2.75) is 52.2 Å². The molecule has 7 N–H and O–H groups in total. The topological polar surface area (TPSA) is 173 Å². The number of amides is 1. The molecule has 1 aliphatic rings. The fourth-order valence-electron chi connectivity index (χ4n) is 3.40. The van der Waals surface area contributed by atoms with E-state index in [2.05, 4.69) is 20.3 Å². The van der Waals surface area contributed by atoms with Crippen molar-refractivity contribution in [3.05, 3.63) is 40.7 Å². The van der Waals surface area contributed by atoms with Gasteiger partial charge in [-0.2, -0.15) is 0 Å². The van der Waals surface area contributed by atoms with Crippen LogP contribution in [0.3, 0.4) is 0 Å². The molecule has 198 valence electrons. The third-order valence-corrected chi connectivity index (χ3v) is 5.51. The largest absolute Gasteiger partial charge is 0.491 e. The molecule has 1 atom stereocenters. The van der Waals surface area contributed by atoms with Gasteiger partial charge < -0.3 is 31.4 Å². The molecule has 3 rings (SSSR count). The van der Waals surface area contributed by atoms with Crippen molar-refractivity contribution >= 4 is 35.1 Å². The van der Waals surface area contributed by atoms with Crippen molar-refractivity contribution < 1.29 is 19.0 Å². The number of ether oxygens (including phenoxy) is 3. The van der Waals surface area contributed by atoms with Crippen molar-refractivity contribution in [1.82, 2.24) is 15.3 Å². The first-order chi connectivity index (χ1) is 16.9. The van der Waals surface area contributed by atoms with Crippen LogP contribution >= 0.6 is 11.6 Å². The molecule has 11 nitrogen and oxygen atoms in total. The summed E-state index contributed by atoms with van der Waals surface area (Å²) in [7, 11) is 0. The number of unbranched alkanes of at least 4 members (excludes halogenated alkanes) is 1. The molecule has 36 heavy (non-hydrogen) atoms. The quantitative estimate of drug-likeness (QED) is 0.197. The number of guanidine groups is 1. The van der Waals surface area contributed by atoms with Crippen LogP contribution in [0.4, 0.5) is 11.6 Å². The molecule has 1 amide bonds. The average Bonchev–Trinajstić information content (AvgIpc) is 2.85. The molecule has 1 unspecified atom stereocenters. The Hall–Kier alpha value is -3.15. The first kappa shape index (κ1) is 29.1. The molecule has 0 radical (unpaired) electrons. The van der Waals surface area contributed by atoms with E-state index in [0.29, 0.717) is 19.8 Å². The Morgan fingerprint density at radius 1 is 1.14 bits per heavy atom. The van der Waals surface area contributed by atoms with Gasteiger partial charge in [0.2, 0.25) is 0 Å². The number of aromatic nitrogens is 2. The number of nitrogens with two attached hydrogens (primary N) is 3. The Bertz CT molecular complexity index is 999. The van der Waals surface area contributed by atoms with Gasteiger partial charge in [0, 0.05) is 13.2 Å². The van der Waals surface area contributed by atoms with E-state index < -0.39 is 5.91 Å². The summed E-state index contributed by atoms with van der Waals surface area (Å²) in [4.78, 5) is 24.0. The minimum absolute atomic E-state index is 0. The number of carbonyl (C=O) groups excluding carboxylic acids is 1. The van der Waals surface area contributed by atoms with E-state index in [1.54, 1.807) is 0 Å². The first-order valence-corrected chi connectivity index (χ1v) is 11.9. The molecule has 1 aliphatic heterocycles. The summed E-state index contributed by atoms with van der Waals surface area (Å²) >= 11 is 5.79. The number of rotatable bonds is 11. The lowest BCUT2D eigenvalue weighted by Gasteiger charge is -2.22. The van der Waals surface area contributed by atoms with Crippen LogP contribution < -0.4 is 27.3 Å². The number of nitrogen functional groups attached to an aromatic ring is 2. The lowest BCUT2D eigenvalue weighted by Crippen LogP contribution is -2.38. The van der Waals surface area contributed by atoms with E-state index in [0.717, 1.165) is 50.9 Å². The van der Waals surface area contributed by atoms with Gasteiger partial charge in [-0.15, -0.1) is 0 Å². The molecule has 1 aromatic carbocycles. The van der Waals surface area contributed by atoms with Crippen molar-refractivity contribution in [2.24, 2.45) is 10.7 Å². The lowest BCUT2D eigenvalue weighted by molar-refractivity contribution is -0.165. The van der Waals surface area contributed by atoms with Crippen LogP contribution in [0.15, 0.2) is 29.3 Å². The van der Waals surface area contributed by atoms with E-state index in [-0.39, 0.29) is 42.2 Å². The average molecular weight is 522 g/mol. The monoisotopic (exact) mass is 521 g/mol. The Balaban J connectivity index is 0.00000456. The SMILES string of the molecule is C.NC(=NCCCCc1ccc(OCCOC2CCCCO2)cc1)NC(=O)c1nc(Cl)c(N)nc1N. The van der Waals surface area contributed by atoms with Gasteiger partial charge >= 0.3 is 0 Å². The fourth-order valence-corrected chi connectivity index (χ4v) is 3.52. The molecular formula is C24H36ClN7O4. The maximum absolute atomic E-state index is 12.2. The van der Waals surface area contributed by atoms with E-state index in [4.69, 9.17) is 43.0 Å². The highest BCUT2D eigenvalue weighted by Gasteiger charge is 2.16. The number of aryl methyl sites for hydroxylation is 1. The van der Waals surface area contributed by atoms with Gasteiger partial charge in [-0.25, -0.2) is 9.97 Å². The molecule has 1 fully saturated rings. The van der Waals surface area contributed by atoms with Gasteiger partial charge in [0.1, 0.15) is 12.4 Å². The smallest absolute Gasteiger partial charge is 0.280 e. The highest BCUT2D eigenvalue weighted by molar-refractivity contribution is 6.31. The van der Waals surface area contributed by atoms with Crippen LogP contribution in [0.5, 0.6) is 5.75 Å². The van der Waals surface area contributed by atoms with Crippen LogP contribution in [-0.2, 0) is 15.9 Å². The molecule has 0 saturated carbocycles. The normalized spacial score (nSPS) is 15.7. The second-order valence-corrected chi connectivity index (χ2v) is 8.33. The Morgan fingerprint density at radius 2 is 1.92 bits per heavy atom. The number of aliphatic imine (C=N–C) groups is 1. The minimum atomic E-state index is -0.658. The van der Waals surface area contributed by atoms with Crippen LogP contribution in [-0.4, -0.2) is 54.5 Å². The summed E-state index contributed by atoms with van der Waals surface area (Å²) in [6, 6.07) is 8.00. The van der Waals surface area contributed by atoms with Gasteiger partial charge in [0.05, 0.1) is 6.61 Å². The molecule has 12 heteroatoms. The van der Waals surface area contributed by atoms with Gasteiger partial charge in [-0.05, 0) is 56.2 Å². The number of carbonyl (C=O) groups is 1. The predicted molar refractivity (Wildman–Crippen MR) is 141 cm³/mol. The van der Waals surface area contributed by atoms with Crippen LogP contribution in [0.25, 0.3) is 0 Å². The van der Waals surface area contributed by atoms with E-state index in [1.165, 1.54) is 5.56 Å². The highest BCUT2D eigenvalue weighted by atomic mass is 35.5. The van der Waals surface area contributed by atoms with E-state index >= 15 is 0 Å².